The second-order valence-electron chi connectivity index (χ2n) is 3.93. The van der Waals surface area contributed by atoms with Gasteiger partial charge in [-0.1, -0.05) is 0 Å². The molecule has 1 unspecified atom stereocenters. The third-order valence-electron chi connectivity index (χ3n) is 2.44. The van der Waals surface area contributed by atoms with Gasteiger partial charge < -0.3 is 10.2 Å². The topological polar surface area (TPSA) is 104 Å². The molecule has 3 N–H and O–H groups in total. The van der Waals surface area contributed by atoms with E-state index >= 15 is 0 Å². The molecule has 106 valence electrons. The van der Waals surface area contributed by atoms with Gasteiger partial charge in [-0.3, -0.25) is 4.79 Å². The first kappa shape index (κ1) is 15.5. The van der Waals surface area contributed by atoms with Crippen molar-refractivity contribution in [2.24, 2.45) is 0 Å². The largest absolute Gasteiger partial charge is 0.480 e. The number of halogens is 1. The number of aliphatic hydroxyl groups excluding tert-OH is 1. The van der Waals surface area contributed by atoms with Crippen LogP contribution < -0.4 is 4.72 Å². The Hall–Kier alpha value is -1.51. The maximum Gasteiger partial charge on any atom is 0.321 e. The van der Waals surface area contributed by atoms with E-state index in [9.17, 15) is 17.6 Å². The zero-order valence-electron chi connectivity index (χ0n) is 10.1. The summed E-state index contributed by atoms with van der Waals surface area (Å²) in [7, 11) is -4.08. The molecule has 1 atom stereocenters. The van der Waals surface area contributed by atoms with Crippen LogP contribution >= 0.6 is 0 Å². The molecule has 1 aromatic rings. The number of hydrogen-bond donors (Lipinski definition) is 3. The van der Waals surface area contributed by atoms with Gasteiger partial charge in [-0.2, -0.15) is 4.72 Å². The summed E-state index contributed by atoms with van der Waals surface area (Å²) in [6.45, 7) is 0.932. The number of aliphatic hydroxyl groups is 1. The van der Waals surface area contributed by atoms with Crippen LogP contribution in [0.5, 0.6) is 0 Å². The van der Waals surface area contributed by atoms with Crippen LogP contribution in [0, 0.1) is 12.7 Å². The minimum atomic E-state index is -4.08. The number of nitrogens with one attached hydrogen (secondary N) is 1. The van der Waals surface area contributed by atoms with E-state index in [0.29, 0.717) is 0 Å². The molecule has 0 bridgehead atoms. The van der Waals surface area contributed by atoms with Crippen molar-refractivity contribution < 1.29 is 27.8 Å². The zero-order chi connectivity index (χ0) is 14.6. The van der Waals surface area contributed by atoms with E-state index in [-0.39, 0.29) is 16.9 Å². The SMILES string of the molecule is Cc1cc(F)ccc1S(=O)(=O)NC(CCO)C(=O)O. The Bertz CT molecular complexity index is 572. The molecule has 0 saturated heterocycles. The number of benzene rings is 1. The van der Waals surface area contributed by atoms with Crippen molar-refractivity contribution in [2.75, 3.05) is 6.61 Å². The van der Waals surface area contributed by atoms with E-state index < -0.39 is 34.5 Å². The van der Waals surface area contributed by atoms with Crippen molar-refractivity contribution >= 4 is 16.0 Å². The summed E-state index contributed by atoms with van der Waals surface area (Å²) < 4.78 is 38.8. The lowest BCUT2D eigenvalue weighted by molar-refractivity contribution is -0.139. The molecule has 0 aromatic heterocycles. The van der Waals surface area contributed by atoms with Gasteiger partial charge in [0.25, 0.3) is 0 Å². The first-order chi connectivity index (χ1) is 8.77. The molecule has 0 spiro atoms. The maximum atomic E-state index is 12.9. The summed E-state index contributed by atoms with van der Waals surface area (Å²) in [4.78, 5) is 10.6. The Labute approximate surface area is 109 Å². The van der Waals surface area contributed by atoms with Crippen LogP contribution in [0.2, 0.25) is 0 Å². The van der Waals surface area contributed by atoms with Crippen LogP contribution in [0.15, 0.2) is 23.1 Å². The van der Waals surface area contributed by atoms with E-state index in [1.54, 1.807) is 0 Å². The molecule has 0 fully saturated rings. The van der Waals surface area contributed by atoms with E-state index in [2.05, 4.69) is 0 Å². The molecule has 8 heteroatoms. The van der Waals surface area contributed by atoms with Gasteiger partial charge in [0.2, 0.25) is 10.0 Å². The number of carbonyl (C=O) groups is 1. The highest BCUT2D eigenvalue weighted by molar-refractivity contribution is 7.89. The van der Waals surface area contributed by atoms with E-state index in [4.69, 9.17) is 10.2 Å². The fraction of sp³-hybridized carbons (Fsp3) is 0.364. The highest BCUT2D eigenvalue weighted by Gasteiger charge is 2.26. The van der Waals surface area contributed by atoms with Crippen LogP contribution in [-0.2, 0) is 14.8 Å². The Morgan fingerprint density at radius 1 is 1.47 bits per heavy atom. The highest BCUT2D eigenvalue weighted by Crippen LogP contribution is 2.16. The van der Waals surface area contributed by atoms with Crippen molar-refractivity contribution in [3.05, 3.63) is 29.6 Å². The smallest absolute Gasteiger partial charge is 0.321 e. The molecular weight excluding hydrogens is 277 g/mol. The highest BCUT2D eigenvalue weighted by atomic mass is 32.2. The normalized spacial score (nSPS) is 13.2. The average molecular weight is 291 g/mol. The van der Waals surface area contributed by atoms with E-state index in [1.807, 2.05) is 4.72 Å². The molecule has 1 aromatic carbocycles. The van der Waals surface area contributed by atoms with Crippen molar-refractivity contribution in [1.82, 2.24) is 4.72 Å². The Morgan fingerprint density at radius 2 is 2.11 bits per heavy atom. The molecule has 19 heavy (non-hydrogen) atoms. The minimum Gasteiger partial charge on any atom is -0.480 e. The van der Waals surface area contributed by atoms with Gasteiger partial charge in [0, 0.05) is 6.61 Å². The number of carboxylic acids is 1. The van der Waals surface area contributed by atoms with Gasteiger partial charge in [-0.15, -0.1) is 0 Å². The Morgan fingerprint density at radius 3 is 2.58 bits per heavy atom. The molecule has 0 aliphatic heterocycles. The van der Waals surface area contributed by atoms with Crippen LogP contribution in [0.3, 0.4) is 0 Å². The van der Waals surface area contributed by atoms with Gasteiger partial charge in [-0.05, 0) is 37.1 Å². The van der Waals surface area contributed by atoms with Crippen molar-refractivity contribution in [3.63, 3.8) is 0 Å². The molecule has 0 heterocycles. The Kier molecular flexibility index (Phi) is 4.98. The monoisotopic (exact) mass is 291 g/mol. The van der Waals surface area contributed by atoms with Gasteiger partial charge in [-0.25, -0.2) is 12.8 Å². The number of aryl methyl sites for hydroxylation is 1. The van der Waals surface area contributed by atoms with Crippen molar-refractivity contribution in [1.29, 1.82) is 0 Å². The van der Waals surface area contributed by atoms with Crippen molar-refractivity contribution in [3.8, 4) is 0 Å². The number of aliphatic carboxylic acids is 1. The van der Waals surface area contributed by atoms with Gasteiger partial charge in [0.05, 0.1) is 4.90 Å². The van der Waals surface area contributed by atoms with Gasteiger partial charge in [0.15, 0.2) is 0 Å². The predicted molar refractivity (Wildman–Crippen MR) is 64.6 cm³/mol. The number of sulfonamides is 1. The van der Waals surface area contributed by atoms with Crippen LogP contribution in [0.4, 0.5) is 4.39 Å². The lowest BCUT2D eigenvalue weighted by atomic mass is 10.2. The second kappa shape index (κ2) is 6.09. The molecule has 0 aliphatic carbocycles. The summed E-state index contributed by atoms with van der Waals surface area (Å²) in [6.07, 6.45) is -0.255. The molecular formula is C11H14FNO5S. The van der Waals surface area contributed by atoms with Gasteiger partial charge in [0.1, 0.15) is 11.9 Å². The number of carboxylic acid groups (broad SMARTS) is 1. The van der Waals surface area contributed by atoms with Crippen LogP contribution in [0.1, 0.15) is 12.0 Å². The summed E-state index contributed by atoms with van der Waals surface area (Å²) in [6, 6.07) is 1.64. The van der Waals surface area contributed by atoms with Crippen molar-refractivity contribution in [2.45, 2.75) is 24.3 Å². The maximum absolute atomic E-state index is 12.9. The van der Waals surface area contributed by atoms with E-state index in [1.165, 1.54) is 6.92 Å². The van der Waals surface area contributed by atoms with E-state index in [0.717, 1.165) is 18.2 Å². The molecule has 1 rings (SSSR count). The van der Waals surface area contributed by atoms with Crippen LogP contribution in [-0.4, -0.2) is 37.2 Å². The average Bonchev–Trinajstić information content (AvgIpc) is 2.27. The molecule has 0 saturated carbocycles. The molecule has 0 aliphatic rings. The fourth-order valence-corrected chi connectivity index (χ4v) is 2.98. The third kappa shape index (κ3) is 3.98. The summed E-state index contributed by atoms with van der Waals surface area (Å²) in [5.74, 6) is -1.97. The lowest BCUT2D eigenvalue weighted by Crippen LogP contribution is -2.41. The first-order valence-corrected chi connectivity index (χ1v) is 6.88. The van der Waals surface area contributed by atoms with Gasteiger partial charge >= 0.3 is 5.97 Å². The zero-order valence-corrected chi connectivity index (χ0v) is 10.9. The summed E-state index contributed by atoms with van der Waals surface area (Å²) in [5, 5.41) is 17.5. The van der Waals surface area contributed by atoms with Crippen LogP contribution in [0.25, 0.3) is 0 Å². The lowest BCUT2D eigenvalue weighted by Gasteiger charge is -2.14. The first-order valence-electron chi connectivity index (χ1n) is 5.40. The minimum absolute atomic E-state index is 0.167. The standard InChI is InChI=1S/C11H14FNO5S/c1-7-6-8(12)2-3-10(7)19(17,18)13-9(4-5-14)11(15)16/h2-3,6,9,13-14H,4-5H2,1H3,(H,15,16). The summed E-state index contributed by atoms with van der Waals surface area (Å²) >= 11 is 0. The quantitative estimate of drug-likeness (QED) is 0.697. The molecule has 6 nitrogen and oxygen atoms in total. The number of rotatable bonds is 6. The molecule has 0 amide bonds. The summed E-state index contributed by atoms with van der Waals surface area (Å²) in [5.41, 5.74) is 0.167. The third-order valence-corrected chi connectivity index (χ3v) is 4.07. The Balaban J connectivity index is 3.06. The predicted octanol–water partition coefficient (Wildman–Crippen LogP) is 0.248. The molecule has 0 radical (unpaired) electrons. The fourth-order valence-electron chi connectivity index (χ4n) is 1.53. The second-order valence-corrected chi connectivity index (χ2v) is 5.62. The number of hydrogen-bond acceptors (Lipinski definition) is 4.